The van der Waals surface area contributed by atoms with Crippen molar-refractivity contribution in [3.05, 3.63) is 72.3 Å². The van der Waals surface area contributed by atoms with E-state index < -0.39 is 0 Å². The van der Waals surface area contributed by atoms with E-state index in [0.717, 1.165) is 40.3 Å². The molecule has 0 unspecified atom stereocenters. The number of ketones is 1. The van der Waals surface area contributed by atoms with Gasteiger partial charge in [-0.15, -0.1) is 0 Å². The van der Waals surface area contributed by atoms with Crippen molar-refractivity contribution >= 4 is 16.6 Å². The maximum atomic E-state index is 12.8. The van der Waals surface area contributed by atoms with Crippen LogP contribution in [0.3, 0.4) is 0 Å². The van der Waals surface area contributed by atoms with E-state index in [9.17, 15) is 4.79 Å². The molecule has 0 amide bonds. The number of rotatable bonds is 3. The summed E-state index contributed by atoms with van der Waals surface area (Å²) >= 11 is 0. The third-order valence-corrected chi connectivity index (χ3v) is 4.21. The molecule has 4 rings (SSSR count). The highest BCUT2D eigenvalue weighted by Gasteiger charge is 2.32. The lowest BCUT2D eigenvalue weighted by Gasteiger charge is -2.12. The summed E-state index contributed by atoms with van der Waals surface area (Å²) in [7, 11) is 0. The van der Waals surface area contributed by atoms with Crippen molar-refractivity contribution in [1.29, 1.82) is 0 Å². The number of fused-ring (bicyclic) bond motifs is 1. The Labute approximate surface area is 124 Å². The van der Waals surface area contributed by atoms with Gasteiger partial charge in [0.1, 0.15) is 0 Å². The molecule has 0 N–H and O–H groups in total. The average molecular weight is 272 g/mol. The zero-order chi connectivity index (χ0) is 14.2. The fourth-order valence-corrected chi connectivity index (χ4v) is 2.94. The molecule has 1 heteroatoms. The van der Waals surface area contributed by atoms with Crippen LogP contribution in [-0.2, 0) is 0 Å². The van der Waals surface area contributed by atoms with Crippen LogP contribution in [-0.4, -0.2) is 5.78 Å². The highest BCUT2D eigenvalue weighted by Crippen LogP contribution is 2.38. The Balaban J connectivity index is 2.02. The van der Waals surface area contributed by atoms with Gasteiger partial charge in [0.2, 0.25) is 0 Å². The van der Waals surface area contributed by atoms with Crippen LogP contribution in [0.15, 0.2) is 66.7 Å². The molecule has 1 aliphatic carbocycles. The summed E-state index contributed by atoms with van der Waals surface area (Å²) in [6, 6.07) is 22.6. The van der Waals surface area contributed by atoms with Crippen LogP contribution in [0.1, 0.15) is 23.2 Å². The van der Waals surface area contributed by atoms with Crippen molar-refractivity contribution in [1.82, 2.24) is 0 Å². The molecular formula is C20H16O. The normalized spacial score (nSPS) is 14.3. The molecule has 0 radical (unpaired) electrons. The van der Waals surface area contributed by atoms with Gasteiger partial charge in [0.25, 0.3) is 0 Å². The maximum absolute atomic E-state index is 12.8. The van der Waals surface area contributed by atoms with Crippen molar-refractivity contribution in [2.75, 3.05) is 0 Å². The number of benzene rings is 3. The molecule has 1 fully saturated rings. The minimum Gasteiger partial charge on any atom is -0.294 e. The Morgan fingerprint density at radius 3 is 2.29 bits per heavy atom. The highest BCUT2D eigenvalue weighted by molar-refractivity contribution is 6.14. The van der Waals surface area contributed by atoms with E-state index in [1.54, 1.807) is 0 Å². The van der Waals surface area contributed by atoms with Crippen LogP contribution in [0, 0.1) is 5.92 Å². The van der Waals surface area contributed by atoms with Gasteiger partial charge in [0.15, 0.2) is 5.78 Å². The molecular weight excluding hydrogens is 256 g/mol. The van der Waals surface area contributed by atoms with Gasteiger partial charge in [0.05, 0.1) is 0 Å². The lowest BCUT2D eigenvalue weighted by molar-refractivity contribution is 0.0970. The van der Waals surface area contributed by atoms with Gasteiger partial charge in [-0.25, -0.2) is 0 Å². The average Bonchev–Trinajstić information content (AvgIpc) is 3.39. The first kappa shape index (κ1) is 12.3. The molecule has 3 aromatic carbocycles. The van der Waals surface area contributed by atoms with Gasteiger partial charge in [-0.2, -0.15) is 0 Å². The second-order valence-electron chi connectivity index (χ2n) is 5.71. The van der Waals surface area contributed by atoms with Crippen LogP contribution >= 0.6 is 0 Å². The van der Waals surface area contributed by atoms with E-state index in [1.165, 1.54) is 0 Å². The minimum atomic E-state index is 0.235. The smallest absolute Gasteiger partial charge is 0.167 e. The molecule has 0 aromatic heterocycles. The molecule has 0 heterocycles. The van der Waals surface area contributed by atoms with Gasteiger partial charge in [0, 0.05) is 11.5 Å². The van der Waals surface area contributed by atoms with Crippen LogP contribution in [0.2, 0.25) is 0 Å². The topological polar surface area (TPSA) is 17.1 Å². The molecule has 0 saturated heterocycles. The zero-order valence-corrected chi connectivity index (χ0v) is 11.8. The van der Waals surface area contributed by atoms with Crippen LogP contribution in [0.4, 0.5) is 0 Å². The summed E-state index contributed by atoms with van der Waals surface area (Å²) in [5, 5.41) is 2.22. The van der Waals surface area contributed by atoms with Gasteiger partial charge >= 0.3 is 0 Å². The molecule has 1 aliphatic rings. The molecule has 21 heavy (non-hydrogen) atoms. The molecule has 0 aliphatic heterocycles. The molecule has 0 atom stereocenters. The van der Waals surface area contributed by atoms with Crippen molar-refractivity contribution in [2.24, 2.45) is 5.92 Å². The fourth-order valence-electron chi connectivity index (χ4n) is 2.94. The van der Waals surface area contributed by atoms with Gasteiger partial charge in [-0.3, -0.25) is 4.79 Å². The predicted molar refractivity (Wildman–Crippen MR) is 86.4 cm³/mol. The summed E-state index contributed by atoms with van der Waals surface area (Å²) in [6.45, 7) is 0. The Kier molecular flexibility index (Phi) is 2.85. The van der Waals surface area contributed by atoms with Crippen LogP contribution in [0.5, 0.6) is 0 Å². The third-order valence-electron chi connectivity index (χ3n) is 4.21. The van der Waals surface area contributed by atoms with E-state index in [1.807, 2.05) is 30.3 Å². The highest BCUT2D eigenvalue weighted by atomic mass is 16.1. The quantitative estimate of drug-likeness (QED) is 0.606. The standard InChI is InChI=1S/C20H16O/c21-20(16-10-11-16)19-17-9-5-4-8-15(17)12-13-18(19)14-6-2-1-3-7-14/h1-9,12-13,16H,10-11H2. The predicted octanol–water partition coefficient (Wildman–Crippen LogP) is 5.10. The Morgan fingerprint density at radius 2 is 1.52 bits per heavy atom. The lowest BCUT2D eigenvalue weighted by atomic mass is 9.90. The third kappa shape index (κ3) is 2.15. The molecule has 1 nitrogen and oxygen atoms in total. The molecule has 102 valence electrons. The number of Topliss-reactive ketones (excluding diaryl/α,β-unsaturated/α-hetero) is 1. The van der Waals surface area contributed by atoms with Gasteiger partial charge < -0.3 is 0 Å². The first-order valence-corrected chi connectivity index (χ1v) is 7.46. The minimum absolute atomic E-state index is 0.235. The first-order chi connectivity index (χ1) is 10.3. The summed E-state index contributed by atoms with van der Waals surface area (Å²) in [4.78, 5) is 12.8. The van der Waals surface area contributed by atoms with Gasteiger partial charge in [-0.1, -0.05) is 66.7 Å². The number of carbonyl (C=O) groups excluding carboxylic acids is 1. The summed E-state index contributed by atoms with van der Waals surface area (Å²) < 4.78 is 0. The number of hydrogen-bond donors (Lipinski definition) is 0. The van der Waals surface area contributed by atoms with E-state index in [0.29, 0.717) is 5.78 Å². The van der Waals surface area contributed by atoms with Crippen LogP contribution in [0.25, 0.3) is 21.9 Å². The molecule has 1 saturated carbocycles. The Morgan fingerprint density at radius 1 is 0.810 bits per heavy atom. The fraction of sp³-hybridized carbons (Fsp3) is 0.150. The van der Waals surface area contributed by atoms with E-state index in [-0.39, 0.29) is 5.92 Å². The van der Waals surface area contributed by atoms with Crippen molar-refractivity contribution in [2.45, 2.75) is 12.8 Å². The summed E-state index contributed by atoms with van der Waals surface area (Å²) in [5.74, 6) is 0.545. The van der Waals surface area contributed by atoms with Gasteiger partial charge in [-0.05, 0) is 34.7 Å². The summed E-state index contributed by atoms with van der Waals surface area (Å²) in [6.07, 6.45) is 2.08. The van der Waals surface area contributed by atoms with Crippen LogP contribution < -0.4 is 0 Å². The number of carbonyl (C=O) groups is 1. The van der Waals surface area contributed by atoms with E-state index in [2.05, 4.69) is 36.4 Å². The number of hydrogen-bond acceptors (Lipinski definition) is 1. The second kappa shape index (κ2) is 4.85. The largest absolute Gasteiger partial charge is 0.294 e. The monoisotopic (exact) mass is 272 g/mol. The lowest BCUT2D eigenvalue weighted by Crippen LogP contribution is -2.05. The molecule has 0 bridgehead atoms. The van der Waals surface area contributed by atoms with E-state index >= 15 is 0 Å². The zero-order valence-electron chi connectivity index (χ0n) is 11.8. The molecule has 0 spiro atoms. The van der Waals surface area contributed by atoms with E-state index in [4.69, 9.17) is 0 Å². The van der Waals surface area contributed by atoms with Crippen molar-refractivity contribution in [3.8, 4) is 11.1 Å². The maximum Gasteiger partial charge on any atom is 0.167 e. The Hall–Kier alpha value is -2.41. The van der Waals surface area contributed by atoms with Crippen molar-refractivity contribution in [3.63, 3.8) is 0 Å². The van der Waals surface area contributed by atoms with Crippen molar-refractivity contribution < 1.29 is 4.79 Å². The molecule has 3 aromatic rings. The first-order valence-electron chi connectivity index (χ1n) is 7.46. The second-order valence-corrected chi connectivity index (χ2v) is 5.71. The summed E-state index contributed by atoms with van der Waals surface area (Å²) in [5.41, 5.74) is 3.08. The Bertz CT molecular complexity index is 814. The SMILES string of the molecule is O=C(c1c(-c2ccccc2)ccc2ccccc12)C1CC1.